The molecule has 0 aliphatic heterocycles. The van der Waals surface area contributed by atoms with E-state index in [1.165, 1.54) is 0 Å². The molecule has 0 fully saturated rings. The molecule has 3 aromatic heterocycles. The molecule has 11 nitrogen and oxygen atoms in total. The molecule has 0 unspecified atom stereocenters. The van der Waals surface area contributed by atoms with E-state index in [1.54, 1.807) is 6.20 Å². The largest absolute Gasteiger partial charge is 2.00 e. The van der Waals surface area contributed by atoms with Crippen LogP contribution in [0.25, 0.3) is 0 Å². The van der Waals surface area contributed by atoms with Gasteiger partial charge < -0.3 is 19.5 Å². The third-order valence-corrected chi connectivity index (χ3v) is 4.83. The standard InChI is InChI=1S/C17H16N4.2CHF3O3S.H2O.Zn/c1-4-10-18-15(7-1)13-21(17-9-3-6-12-20-17)14-16-8-2-5-11-19-16;2*2-1(3,4)8(5,6)7;;/h1-12H,13-14H2;2*(H,5,6,7);1H2;/q;;;;+2/p-1. The van der Waals surface area contributed by atoms with Gasteiger partial charge in [-0.15, -0.1) is 0 Å². The van der Waals surface area contributed by atoms with Crippen molar-refractivity contribution in [2.24, 2.45) is 0 Å². The minimum Gasteiger partial charge on any atom is -0.741 e. The summed E-state index contributed by atoms with van der Waals surface area (Å²) in [4.78, 5) is 15.4. The van der Waals surface area contributed by atoms with E-state index in [1.807, 2.05) is 67.0 Å². The van der Waals surface area contributed by atoms with E-state index in [4.69, 9.17) is 25.9 Å². The Morgan fingerprint density at radius 3 is 1.18 bits per heavy atom. The second-order valence-electron chi connectivity index (χ2n) is 6.49. The van der Waals surface area contributed by atoms with Crippen LogP contribution in [0, 0.1) is 0 Å². The topological polar surface area (TPSA) is 189 Å². The van der Waals surface area contributed by atoms with Gasteiger partial charge in [0, 0.05) is 18.6 Å². The molecule has 0 aliphatic rings. The number of aromatic nitrogens is 3. The van der Waals surface area contributed by atoms with E-state index in [2.05, 4.69) is 19.9 Å². The van der Waals surface area contributed by atoms with Gasteiger partial charge in [0.15, 0.2) is 20.2 Å². The molecule has 3 N–H and O–H groups in total. The fourth-order valence-corrected chi connectivity index (χ4v) is 2.13. The summed E-state index contributed by atoms with van der Waals surface area (Å²) in [5, 5.41) is 0. The third kappa shape index (κ3) is 14.8. The first kappa shape index (κ1) is 38.4. The maximum absolute atomic E-state index is 10.7. The second-order valence-corrected chi connectivity index (χ2v) is 9.23. The van der Waals surface area contributed by atoms with Crippen LogP contribution in [-0.4, -0.2) is 51.9 Å². The first-order valence-corrected chi connectivity index (χ1v) is 12.2. The van der Waals surface area contributed by atoms with Crippen LogP contribution in [-0.2, 0) is 58.3 Å². The maximum Gasteiger partial charge on any atom is 2.00 e. The molecule has 0 aliphatic carbocycles. The van der Waals surface area contributed by atoms with Gasteiger partial charge in [-0.25, -0.2) is 21.8 Å². The van der Waals surface area contributed by atoms with Gasteiger partial charge in [0.2, 0.25) is 0 Å². The predicted molar refractivity (Wildman–Crippen MR) is 119 cm³/mol. The van der Waals surface area contributed by atoms with Gasteiger partial charge in [-0.3, -0.25) is 9.97 Å². The van der Waals surface area contributed by atoms with Gasteiger partial charge in [-0.2, -0.15) is 26.3 Å². The fourth-order valence-electron chi connectivity index (χ4n) is 2.13. The Kier molecular flexibility index (Phi) is 16.1. The molecular formula is C19H19F6N4O7S2Zn+. The summed E-state index contributed by atoms with van der Waals surface area (Å²) in [7, 11) is -12.2. The van der Waals surface area contributed by atoms with Crippen molar-refractivity contribution >= 4 is 26.1 Å². The van der Waals surface area contributed by atoms with Crippen LogP contribution in [0.2, 0.25) is 0 Å². The van der Waals surface area contributed by atoms with Crippen LogP contribution in [0.3, 0.4) is 0 Å². The average Bonchev–Trinajstić information content (AvgIpc) is 2.79. The molecule has 0 amide bonds. The van der Waals surface area contributed by atoms with Gasteiger partial charge in [0.1, 0.15) is 5.82 Å². The molecule has 20 heteroatoms. The van der Waals surface area contributed by atoms with E-state index in [0.717, 1.165) is 17.2 Å². The van der Waals surface area contributed by atoms with E-state index < -0.39 is 31.3 Å². The summed E-state index contributed by atoms with van der Waals surface area (Å²) in [6, 6.07) is 17.8. The van der Waals surface area contributed by atoms with Crippen molar-refractivity contribution in [3.8, 4) is 0 Å². The molecule has 0 saturated carbocycles. The van der Waals surface area contributed by atoms with Crippen LogP contribution in [0.4, 0.5) is 32.2 Å². The zero-order valence-corrected chi connectivity index (χ0v) is 24.0. The van der Waals surface area contributed by atoms with Crippen molar-refractivity contribution in [1.29, 1.82) is 0 Å². The Hall–Kier alpha value is -2.77. The minimum absolute atomic E-state index is 0. The number of anilines is 1. The summed E-state index contributed by atoms with van der Waals surface area (Å²) in [6.07, 6.45) is 5.43. The number of halogens is 6. The van der Waals surface area contributed by atoms with Crippen molar-refractivity contribution in [3.63, 3.8) is 0 Å². The Balaban J connectivity index is 0. The molecule has 0 saturated heterocycles. The summed E-state index contributed by atoms with van der Waals surface area (Å²) < 4.78 is 118. The van der Waals surface area contributed by atoms with E-state index in [9.17, 15) is 26.3 Å². The Morgan fingerprint density at radius 1 is 0.641 bits per heavy atom. The molecule has 3 aromatic rings. The molecule has 0 aromatic carbocycles. The van der Waals surface area contributed by atoms with Crippen molar-refractivity contribution in [1.82, 2.24) is 15.0 Å². The monoisotopic (exact) mass is 657 g/mol. The predicted octanol–water partition coefficient (Wildman–Crippen LogP) is 2.26. The van der Waals surface area contributed by atoms with Crippen LogP contribution < -0.4 is 4.90 Å². The summed E-state index contributed by atoms with van der Waals surface area (Å²) in [5.41, 5.74) is -9.27. The van der Waals surface area contributed by atoms with Crippen molar-refractivity contribution in [2.75, 3.05) is 4.90 Å². The van der Waals surface area contributed by atoms with Crippen LogP contribution >= 0.6 is 0 Å². The molecule has 3 rings (SSSR count). The second kappa shape index (κ2) is 16.4. The Morgan fingerprint density at radius 2 is 0.949 bits per heavy atom. The molecule has 3 heterocycles. The quantitative estimate of drug-likeness (QED) is 0.129. The van der Waals surface area contributed by atoms with Crippen LogP contribution in [0.15, 0.2) is 73.2 Å². The molecule has 212 valence electrons. The van der Waals surface area contributed by atoms with Gasteiger partial charge in [0.05, 0.1) is 24.5 Å². The Bertz CT molecular complexity index is 1220. The molecule has 0 bridgehead atoms. The maximum atomic E-state index is 10.7. The van der Waals surface area contributed by atoms with Gasteiger partial charge in [-0.1, -0.05) is 18.2 Å². The molecular weight excluding hydrogens is 640 g/mol. The zero-order valence-electron chi connectivity index (χ0n) is 19.4. The van der Waals surface area contributed by atoms with Gasteiger partial charge in [0.25, 0.3) is 0 Å². The first-order valence-electron chi connectivity index (χ1n) is 9.42. The number of nitrogens with zero attached hydrogens (tertiary/aromatic N) is 4. The minimum atomic E-state index is -6.09. The number of alkyl halides is 6. The van der Waals surface area contributed by atoms with Crippen LogP contribution in [0.5, 0.6) is 0 Å². The molecule has 0 atom stereocenters. The molecule has 39 heavy (non-hydrogen) atoms. The number of hydrogen-bond acceptors (Lipinski definition) is 10. The van der Waals surface area contributed by atoms with Gasteiger partial charge >= 0.3 is 30.5 Å². The van der Waals surface area contributed by atoms with Crippen LogP contribution in [0.1, 0.15) is 11.4 Å². The van der Waals surface area contributed by atoms with E-state index in [-0.39, 0.29) is 25.0 Å². The van der Waals surface area contributed by atoms with E-state index >= 15 is 0 Å². The average molecular weight is 659 g/mol. The van der Waals surface area contributed by atoms with Crippen molar-refractivity contribution in [2.45, 2.75) is 24.1 Å². The third-order valence-electron chi connectivity index (χ3n) is 3.70. The Labute approximate surface area is 231 Å². The molecule has 0 radical (unpaired) electrons. The fraction of sp³-hybridized carbons (Fsp3) is 0.211. The summed E-state index contributed by atoms with van der Waals surface area (Å²) >= 11 is 0. The summed E-state index contributed by atoms with van der Waals surface area (Å²) in [6.45, 7) is 1.41. The number of pyridine rings is 3. The molecule has 0 spiro atoms. The van der Waals surface area contributed by atoms with E-state index in [0.29, 0.717) is 13.1 Å². The zero-order chi connectivity index (χ0) is 28.3. The van der Waals surface area contributed by atoms with Crippen molar-refractivity contribution < 1.29 is 77.2 Å². The van der Waals surface area contributed by atoms with Crippen molar-refractivity contribution in [3.05, 3.63) is 84.6 Å². The summed E-state index contributed by atoms with van der Waals surface area (Å²) in [5.74, 6) is 0.925. The first-order chi connectivity index (χ1) is 16.9. The number of hydrogen-bond donors (Lipinski definition) is 0. The normalized spacial score (nSPS) is 11.3. The van der Waals surface area contributed by atoms with Gasteiger partial charge in [-0.05, 0) is 36.4 Å². The number of rotatable bonds is 5. The smallest absolute Gasteiger partial charge is 0.741 e. The SMILES string of the molecule is O=S(=O)([O-])C(F)(F)F.O=S(=O)([O-])C(F)(F)F.[OH3+].[Zn+2].c1ccc(CN(Cc2ccccn2)c2ccccn2)nc1.